The Bertz CT molecular complexity index is 1220. The van der Waals surface area contributed by atoms with Gasteiger partial charge in [-0.05, 0) is 46.4 Å². The number of unbranched alkanes of at least 4 members (excludes halogenated alkanes) is 2. The van der Waals surface area contributed by atoms with Crippen LogP contribution in [0.15, 0.2) is 65.8 Å². The van der Waals surface area contributed by atoms with Gasteiger partial charge in [0.15, 0.2) is 0 Å². The Kier molecular flexibility index (Phi) is 7.17. The van der Waals surface area contributed by atoms with Gasteiger partial charge in [0, 0.05) is 24.0 Å². The number of benzene rings is 2. The van der Waals surface area contributed by atoms with E-state index in [4.69, 9.17) is 0 Å². The lowest BCUT2D eigenvalue weighted by molar-refractivity contribution is 0.569. The van der Waals surface area contributed by atoms with Gasteiger partial charge in [-0.15, -0.1) is 5.10 Å². The van der Waals surface area contributed by atoms with Crippen LogP contribution < -0.4 is 5.69 Å². The zero-order valence-electron chi connectivity index (χ0n) is 19.7. The quantitative estimate of drug-likeness (QED) is 0.332. The van der Waals surface area contributed by atoms with Crippen molar-refractivity contribution in [2.75, 3.05) is 0 Å². The highest BCUT2D eigenvalue weighted by atomic mass is 16.1. The largest absolute Gasteiger partial charge is 0.328 e. The van der Waals surface area contributed by atoms with Crippen LogP contribution in [-0.4, -0.2) is 29.3 Å². The number of hydrogen-bond donors (Lipinski definition) is 0. The van der Waals surface area contributed by atoms with Crippen molar-refractivity contribution in [3.8, 4) is 16.8 Å². The normalized spacial score (nSPS) is 11.4. The van der Waals surface area contributed by atoms with Crippen molar-refractivity contribution in [2.45, 2.75) is 59.5 Å². The van der Waals surface area contributed by atoms with Crippen molar-refractivity contribution >= 4 is 0 Å². The van der Waals surface area contributed by atoms with Gasteiger partial charge in [0.25, 0.3) is 0 Å². The van der Waals surface area contributed by atoms with Crippen LogP contribution in [0, 0.1) is 5.92 Å². The lowest BCUT2D eigenvalue weighted by Gasteiger charge is -2.11. The number of nitrogens with zero attached hydrogens (tertiary/aromatic N) is 6. The van der Waals surface area contributed by atoms with Gasteiger partial charge in [-0.3, -0.25) is 9.13 Å². The highest BCUT2D eigenvalue weighted by Crippen LogP contribution is 2.26. The van der Waals surface area contributed by atoms with Crippen LogP contribution in [0.3, 0.4) is 0 Å². The van der Waals surface area contributed by atoms with Crippen LogP contribution in [0.5, 0.6) is 0 Å². The topological polar surface area (TPSA) is 70.5 Å². The second-order valence-corrected chi connectivity index (χ2v) is 8.96. The minimum Gasteiger partial charge on any atom is -0.299 e. The number of hydrogen-bond acceptors (Lipinski definition) is 4. The van der Waals surface area contributed by atoms with Crippen molar-refractivity contribution in [3.63, 3.8) is 0 Å². The molecule has 0 N–H and O–H groups in total. The molecule has 172 valence electrons. The Morgan fingerprint density at radius 2 is 1.79 bits per heavy atom. The average molecular weight is 445 g/mol. The van der Waals surface area contributed by atoms with Crippen molar-refractivity contribution in [3.05, 3.63) is 82.8 Å². The predicted molar refractivity (Wildman–Crippen MR) is 130 cm³/mol. The molecule has 4 aromatic rings. The van der Waals surface area contributed by atoms with Gasteiger partial charge in [0.05, 0.1) is 12.2 Å². The van der Waals surface area contributed by atoms with E-state index in [9.17, 15) is 4.79 Å². The van der Waals surface area contributed by atoms with Gasteiger partial charge in [0.2, 0.25) is 0 Å². The Hall–Kier alpha value is -3.48. The maximum absolute atomic E-state index is 13.1. The summed E-state index contributed by atoms with van der Waals surface area (Å²) in [5.41, 5.74) is 5.37. The third kappa shape index (κ3) is 5.30. The number of aryl methyl sites for hydroxylation is 1. The smallest absolute Gasteiger partial charge is 0.299 e. The van der Waals surface area contributed by atoms with E-state index in [1.165, 1.54) is 0 Å². The third-order valence-electron chi connectivity index (χ3n) is 5.85. The molecule has 0 radical (unpaired) electrons. The van der Waals surface area contributed by atoms with Crippen LogP contribution in [0.4, 0.5) is 0 Å². The average Bonchev–Trinajstić information content (AvgIpc) is 3.44. The van der Waals surface area contributed by atoms with E-state index in [1.54, 1.807) is 11.0 Å². The van der Waals surface area contributed by atoms with Gasteiger partial charge < -0.3 is 0 Å². The van der Waals surface area contributed by atoms with Gasteiger partial charge in [-0.2, -0.15) is 4.68 Å². The monoisotopic (exact) mass is 444 g/mol. The van der Waals surface area contributed by atoms with E-state index < -0.39 is 0 Å². The molecule has 4 rings (SSSR count). The summed E-state index contributed by atoms with van der Waals surface area (Å²) in [6.07, 6.45) is 7.89. The van der Waals surface area contributed by atoms with Crippen LogP contribution in [-0.2, 0) is 19.5 Å². The summed E-state index contributed by atoms with van der Waals surface area (Å²) >= 11 is 0. The van der Waals surface area contributed by atoms with Crippen molar-refractivity contribution < 1.29 is 0 Å². The first-order valence-electron chi connectivity index (χ1n) is 11.8. The molecule has 33 heavy (non-hydrogen) atoms. The van der Waals surface area contributed by atoms with Gasteiger partial charge in [-0.1, -0.05) is 76.1 Å². The van der Waals surface area contributed by atoms with Crippen LogP contribution >= 0.6 is 0 Å². The fraction of sp³-hybridized carbons (Fsp3) is 0.385. The van der Waals surface area contributed by atoms with E-state index >= 15 is 0 Å². The van der Waals surface area contributed by atoms with Crippen LogP contribution in [0.1, 0.15) is 51.3 Å². The zero-order valence-corrected chi connectivity index (χ0v) is 19.7. The minimum absolute atomic E-state index is 0.0925. The number of tetrazole rings is 1. The van der Waals surface area contributed by atoms with Crippen molar-refractivity contribution in [1.82, 2.24) is 29.3 Å². The predicted octanol–water partition coefficient (Wildman–Crippen LogP) is 4.73. The first kappa shape index (κ1) is 22.7. The highest BCUT2D eigenvalue weighted by Gasteiger charge is 2.14. The summed E-state index contributed by atoms with van der Waals surface area (Å²) < 4.78 is 5.50. The molecule has 0 atom stereocenters. The fourth-order valence-corrected chi connectivity index (χ4v) is 4.19. The number of imidazole rings is 1. The lowest BCUT2D eigenvalue weighted by atomic mass is 10.0. The fourth-order valence-electron chi connectivity index (χ4n) is 4.19. The Morgan fingerprint density at radius 1 is 1.00 bits per heavy atom. The highest BCUT2D eigenvalue weighted by molar-refractivity contribution is 5.72. The summed E-state index contributed by atoms with van der Waals surface area (Å²) in [5, 5.41) is 11.5. The second-order valence-electron chi connectivity index (χ2n) is 8.96. The molecule has 2 aromatic carbocycles. The molecular formula is C26H32N6O. The molecule has 0 saturated heterocycles. The molecule has 0 aliphatic carbocycles. The molecule has 0 amide bonds. The van der Waals surface area contributed by atoms with Gasteiger partial charge in [0.1, 0.15) is 6.33 Å². The van der Waals surface area contributed by atoms with Gasteiger partial charge >= 0.3 is 5.69 Å². The third-order valence-corrected chi connectivity index (χ3v) is 5.85. The molecule has 2 heterocycles. The molecule has 7 heteroatoms. The molecule has 0 saturated carbocycles. The Labute approximate surface area is 194 Å². The van der Waals surface area contributed by atoms with E-state index in [0.29, 0.717) is 12.5 Å². The molecular weight excluding hydrogens is 412 g/mol. The van der Waals surface area contributed by atoms with Gasteiger partial charge in [-0.25, -0.2) is 4.79 Å². The maximum Gasteiger partial charge on any atom is 0.328 e. The molecule has 0 aliphatic rings. The standard InChI is InChI=1S/C26H32N6O/c1-4-5-8-15-30-18-23(16-20(2)3)31(26(30)33)17-21-11-13-22(14-12-21)24-9-6-7-10-25(24)32-19-27-28-29-32/h6-7,9-14,18-20H,4-5,8,15-17H2,1-3H3. The lowest BCUT2D eigenvalue weighted by Crippen LogP contribution is -2.26. The van der Waals surface area contributed by atoms with E-state index in [2.05, 4.69) is 72.8 Å². The van der Waals surface area contributed by atoms with E-state index in [0.717, 1.165) is 60.3 Å². The summed E-state index contributed by atoms with van der Waals surface area (Å²) in [4.78, 5) is 13.1. The summed E-state index contributed by atoms with van der Waals surface area (Å²) in [7, 11) is 0. The summed E-state index contributed by atoms with van der Waals surface area (Å²) in [5.74, 6) is 0.493. The molecule has 0 bridgehead atoms. The molecule has 0 spiro atoms. The molecule has 0 unspecified atom stereocenters. The molecule has 0 fully saturated rings. The first-order chi connectivity index (χ1) is 16.1. The van der Waals surface area contributed by atoms with E-state index in [1.807, 2.05) is 27.3 Å². The molecule has 0 aliphatic heterocycles. The SMILES string of the molecule is CCCCCn1cc(CC(C)C)n(Cc2ccc(-c3ccccc3-n3cnnn3)cc2)c1=O. The number of rotatable bonds is 10. The number of para-hydroxylation sites is 1. The Morgan fingerprint density at radius 3 is 2.48 bits per heavy atom. The summed E-state index contributed by atoms with van der Waals surface area (Å²) in [6.45, 7) is 7.94. The number of aromatic nitrogens is 6. The minimum atomic E-state index is 0.0925. The van der Waals surface area contributed by atoms with Crippen molar-refractivity contribution in [2.24, 2.45) is 5.92 Å². The summed E-state index contributed by atoms with van der Waals surface area (Å²) in [6, 6.07) is 16.5. The zero-order chi connectivity index (χ0) is 23.2. The van der Waals surface area contributed by atoms with Crippen molar-refractivity contribution in [1.29, 1.82) is 0 Å². The van der Waals surface area contributed by atoms with Crippen LogP contribution in [0.2, 0.25) is 0 Å². The Balaban J connectivity index is 1.59. The van der Waals surface area contributed by atoms with Crippen LogP contribution in [0.25, 0.3) is 16.8 Å². The molecule has 2 aromatic heterocycles. The maximum atomic E-state index is 13.1. The first-order valence-corrected chi connectivity index (χ1v) is 11.8. The van der Waals surface area contributed by atoms with E-state index in [-0.39, 0.29) is 5.69 Å². The molecule has 7 nitrogen and oxygen atoms in total. The second kappa shape index (κ2) is 10.4.